The Morgan fingerprint density at radius 2 is 0.849 bits per heavy atom. The molecule has 0 aromatic rings. The highest BCUT2D eigenvalue weighted by molar-refractivity contribution is 6.86. The lowest BCUT2D eigenvalue weighted by Crippen LogP contribution is -2.51. The van der Waals surface area contributed by atoms with Crippen molar-refractivity contribution in [2.24, 2.45) is 58.8 Å². The molecule has 0 bridgehead atoms. The highest BCUT2D eigenvalue weighted by Gasteiger charge is 2.46. The van der Waals surface area contributed by atoms with Crippen molar-refractivity contribution >= 4 is 28.4 Å². The number of carbonyl (C=O) groups is 2. The second-order valence-electron chi connectivity index (χ2n) is 20.7. The molecule has 8 unspecified atom stereocenters. The van der Waals surface area contributed by atoms with Crippen LogP contribution in [0.5, 0.6) is 0 Å². The fourth-order valence-corrected chi connectivity index (χ4v) is 23.4. The van der Waals surface area contributed by atoms with E-state index in [9.17, 15) is 9.59 Å². The van der Waals surface area contributed by atoms with Gasteiger partial charge in [-0.2, -0.15) is 0 Å². The molecule has 0 spiro atoms. The van der Waals surface area contributed by atoms with Crippen LogP contribution in [0.15, 0.2) is 0 Å². The van der Waals surface area contributed by atoms with Gasteiger partial charge in [-0.05, 0) is 175 Å². The lowest BCUT2D eigenvalue weighted by molar-refractivity contribution is -0.135. The first-order valence-electron chi connectivity index (χ1n) is 23.1. The van der Waals surface area contributed by atoms with Gasteiger partial charge in [-0.1, -0.05) is 51.4 Å². The molecule has 6 rings (SSSR count). The van der Waals surface area contributed by atoms with Crippen LogP contribution in [0.25, 0.3) is 0 Å². The fraction of sp³-hybridized carbons (Fsp3) is 0.955. The number of carbonyl (C=O) groups excluding carboxylic acids is 2. The van der Waals surface area contributed by atoms with Crippen LogP contribution < -0.4 is 11.5 Å². The minimum Gasteiger partial charge on any atom is -0.455 e. The van der Waals surface area contributed by atoms with Crippen molar-refractivity contribution in [2.75, 3.05) is 39.3 Å². The van der Waals surface area contributed by atoms with Gasteiger partial charge in [-0.3, -0.25) is 9.59 Å². The van der Waals surface area contributed by atoms with E-state index in [0.29, 0.717) is 34.7 Å². The number of piperidine rings is 2. The fourth-order valence-electron chi connectivity index (χ4n) is 13.0. The Labute approximate surface area is 327 Å². The zero-order valence-electron chi connectivity index (χ0n) is 34.8. The van der Waals surface area contributed by atoms with E-state index in [0.717, 1.165) is 87.6 Å². The van der Waals surface area contributed by atoms with Crippen LogP contribution in [0.3, 0.4) is 0 Å². The van der Waals surface area contributed by atoms with Gasteiger partial charge in [0.15, 0.2) is 16.6 Å². The predicted molar refractivity (Wildman–Crippen MR) is 224 cm³/mol. The molecule has 0 radical (unpaired) electrons. The normalized spacial score (nSPS) is 34.6. The lowest BCUT2D eigenvalue weighted by Gasteiger charge is -2.47. The average molecular weight is 771 g/mol. The molecule has 6 aliphatic rings. The molecule has 2 amide bonds. The van der Waals surface area contributed by atoms with Gasteiger partial charge >= 0.3 is 0 Å². The van der Waals surface area contributed by atoms with Gasteiger partial charge in [0.1, 0.15) is 0 Å². The van der Waals surface area contributed by atoms with Gasteiger partial charge in [0.25, 0.3) is 0 Å². The van der Waals surface area contributed by atoms with Crippen LogP contribution in [0.4, 0.5) is 0 Å². The summed E-state index contributed by atoms with van der Waals surface area (Å²) in [4.78, 5) is 31.7. The summed E-state index contributed by atoms with van der Waals surface area (Å²) in [6.07, 6.45) is 26.8. The summed E-state index contributed by atoms with van der Waals surface area (Å²) >= 11 is 0. The summed E-state index contributed by atoms with van der Waals surface area (Å²) < 4.78 is 7.48. The topological polar surface area (TPSA) is 102 Å². The standard InChI is InChI=1S/C44H82N4O3Si2/c1-52(2,41-15-7-9-33(27-41)29-43(49)47-21-17-37(18-22-47)39-13-5-11-35(25-39)31-45)51-53(3,4)42-16-8-10-34(28-42)30-44(50)48-23-19-38(20-24-48)40-14-6-12-36(26-40)32-46/h33-42H,5-32,45-46H2,1-4H3. The number of rotatable bonds is 12. The first-order chi connectivity index (χ1) is 25.4. The minimum atomic E-state index is -1.95. The van der Waals surface area contributed by atoms with Crippen molar-refractivity contribution in [1.82, 2.24) is 9.80 Å². The Hall–Kier alpha value is -0.746. The Balaban J connectivity index is 0.928. The number of likely N-dealkylation sites (tertiary alicyclic amines) is 2. The molecule has 53 heavy (non-hydrogen) atoms. The van der Waals surface area contributed by atoms with Crippen molar-refractivity contribution < 1.29 is 13.7 Å². The highest BCUT2D eigenvalue weighted by Crippen LogP contribution is 2.48. The molecule has 7 nitrogen and oxygen atoms in total. The van der Waals surface area contributed by atoms with Gasteiger partial charge in [0.2, 0.25) is 11.8 Å². The summed E-state index contributed by atoms with van der Waals surface area (Å²) in [5.74, 6) is 6.58. The molecule has 2 aliphatic heterocycles. The molecule has 4 saturated carbocycles. The van der Waals surface area contributed by atoms with Gasteiger partial charge in [0.05, 0.1) is 0 Å². The van der Waals surface area contributed by atoms with Crippen LogP contribution in [-0.4, -0.2) is 77.5 Å². The van der Waals surface area contributed by atoms with Crippen LogP contribution >= 0.6 is 0 Å². The maximum atomic E-state index is 13.6. The number of nitrogens with two attached hydrogens (primary N) is 2. The van der Waals surface area contributed by atoms with Gasteiger partial charge in [0, 0.05) is 39.0 Å². The number of amides is 2. The highest BCUT2D eigenvalue weighted by atomic mass is 28.4. The van der Waals surface area contributed by atoms with Gasteiger partial charge in [-0.25, -0.2) is 0 Å². The largest absolute Gasteiger partial charge is 0.455 e. The Bertz CT molecular complexity index is 1080. The summed E-state index contributed by atoms with van der Waals surface area (Å²) in [6, 6.07) is 0. The molecule has 4 aliphatic carbocycles. The van der Waals surface area contributed by atoms with Crippen LogP contribution in [-0.2, 0) is 13.7 Å². The molecule has 304 valence electrons. The zero-order valence-corrected chi connectivity index (χ0v) is 36.8. The first-order valence-corrected chi connectivity index (χ1v) is 29.1. The van der Waals surface area contributed by atoms with E-state index in [1.165, 1.54) is 128 Å². The predicted octanol–water partition coefficient (Wildman–Crippen LogP) is 9.32. The van der Waals surface area contributed by atoms with Crippen molar-refractivity contribution in [3.8, 4) is 0 Å². The molecule has 0 aromatic heterocycles. The third-order valence-electron chi connectivity index (χ3n) is 16.4. The maximum Gasteiger partial charge on any atom is 0.222 e. The smallest absolute Gasteiger partial charge is 0.222 e. The number of nitrogens with zero attached hydrogens (tertiary/aromatic N) is 2. The second-order valence-corrected chi connectivity index (χ2v) is 29.5. The van der Waals surface area contributed by atoms with Crippen LogP contribution in [0.2, 0.25) is 37.3 Å². The monoisotopic (exact) mass is 771 g/mol. The molecule has 6 fully saturated rings. The number of hydrogen-bond acceptors (Lipinski definition) is 5. The second kappa shape index (κ2) is 19.1. The van der Waals surface area contributed by atoms with Crippen molar-refractivity contribution in [1.29, 1.82) is 0 Å². The summed E-state index contributed by atoms with van der Waals surface area (Å²) in [5, 5.41) is 0. The SMILES string of the molecule is C[Si](C)(O[Si](C)(C)C1CCCC(CC(=O)N2CCC(C3CCCC(CN)C3)CC2)C1)C1CCCC(CC(=O)N2CCC(C3CCCC(CN)C3)CC2)C1. The third kappa shape index (κ3) is 11.2. The van der Waals surface area contributed by atoms with Gasteiger partial charge in [-0.15, -0.1) is 0 Å². The van der Waals surface area contributed by atoms with Crippen molar-refractivity contribution in [3.63, 3.8) is 0 Å². The summed E-state index contributed by atoms with van der Waals surface area (Å²) in [6.45, 7) is 15.6. The van der Waals surface area contributed by atoms with E-state index in [4.69, 9.17) is 15.6 Å². The summed E-state index contributed by atoms with van der Waals surface area (Å²) in [5.41, 5.74) is 13.4. The molecule has 8 atom stereocenters. The maximum absolute atomic E-state index is 13.6. The van der Waals surface area contributed by atoms with E-state index in [1.54, 1.807) is 0 Å². The van der Waals surface area contributed by atoms with Gasteiger partial charge < -0.3 is 25.4 Å². The van der Waals surface area contributed by atoms with Crippen molar-refractivity contribution in [2.45, 2.75) is 179 Å². The van der Waals surface area contributed by atoms with E-state index >= 15 is 0 Å². The molecule has 0 aromatic carbocycles. The molecular formula is C44H82N4O3Si2. The summed E-state index contributed by atoms with van der Waals surface area (Å²) in [7, 11) is -3.91. The lowest BCUT2D eigenvalue weighted by atomic mass is 9.72. The van der Waals surface area contributed by atoms with E-state index < -0.39 is 16.6 Å². The minimum absolute atomic E-state index is 0.421. The molecule has 2 saturated heterocycles. The molecular weight excluding hydrogens is 689 g/mol. The van der Waals surface area contributed by atoms with E-state index in [2.05, 4.69) is 36.0 Å². The van der Waals surface area contributed by atoms with E-state index in [1.807, 2.05) is 0 Å². The van der Waals surface area contributed by atoms with Crippen molar-refractivity contribution in [3.05, 3.63) is 0 Å². The zero-order chi connectivity index (χ0) is 37.6. The van der Waals surface area contributed by atoms with Crippen LogP contribution in [0.1, 0.15) is 141 Å². The van der Waals surface area contributed by atoms with Crippen LogP contribution in [0, 0.1) is 47.3 Å². The van der Waals surface area contributed by atoms with E-state index in [-0.39, 0.29) is 0 Å². The Kier molecular flexibility index (Phi) is 15.1. The average Bonchev–Trinajstić information content (AvgIpc) is 3.18. The number of hydrogen-bond donors (Lipinski definition) is 2. The Morgan fingerprint density at radius 1 is 0.491 bits per heavy atom. The molecule has 2 heterocycles. The molecule has 4 N–H and O–H groups in total. The molecule has 9 heteroatoms. The quantitative estimate of drug-likeness (QED) is 0.193. The first kappa shape index (κ1) is 41.9. The Morgan fingerprint density at radius 3 is 1.23 bits per heavy atom. The third-order valence-corrected chi connectivity index (χ3v) is 25.6.